The zero-order chi connectivity index (χ0) is 18.7. The first-order valence-electron chi connectivity index (χ1n) is 8.64. The number of amides is 1. The zero-order valence-electron chi connectivity index (χ0n) is 15.3. The van der Waals surface area contributed by atoms with Gasteiger partial charge in [0.25, 0.3) is 5.91 Å². The van der Waals surface area contributed by atoms with Crippen molar-refractivity contribution in [3.63, 3.8) is 0 Å². The molecule has 1 saturated heterocycles. The highest BCUT2D eigenvalue weighted by atomic mass is 16.5. The van der Waals surface area contributed by atoms with Gasteiger partial charge in [0.1, 0.15) is 5.75 Å². The second kappa shape index (κ2) is 7.74. The van der Waals surface area contributed by atoms with E-state index in [0.29, 0.717) is 35.7 Å². The molecule has 26 heavy (non-hydrogen) atoms. The molecule has 2 aliphatic rings. The largest absolute Gasteiger partial charge is 0.497 e. The van der Waals surface area contributed by atoms with Gasteiger partial charge in [0.2, 0.25) is 0 Å². The molecule has 0 aliphatic carbocycles. The van der Waals surface area contributed by atoms with E-state index < -0.39 is 5.97 Å². The lowest BCUT2D eigenvalue weighted by Crippen LogP contribution is -2.33. The molecular formula is C20H23NO5. The van der Waals surface area contributed by atoms with Gasteiger partial charge in [-0.1, -0.05) is 12.1 Å². The average Bonchev–Trinajstić information content (AvgIpc) is 3.24. The van der Waals surface area contributed by atoms with Crippen LogP contribution in [0.1, 0.15) is 25.3 Å². The summed E-state index contributed by atoms with van der Waals surface area (Å²) >= 11 is 0. The van der Waals surface area contributed by atoms with Crippen LogP contribution in [0.15, 0.2) is 41.1 Å². The molecule has 1 fully saturated rings. The number of carbonyl (C=O) groups excluding carboxylic acids is 2. The Morgan fingerprint density at radius 3 is 2.85 bits per heavy atom. The van der Waals surface area contributed by atoms with E-state index in [4.69, 9.17) is 14.2 Å². The van der Waals surface area contributed by atoms with E-state index >= 15 is 0 Å². The Morgan fingerprint density at radius 1 is 1.38 bits per heavy atom. The summed E-state index contributed by atoms with van der Waals surface area (Å²) in [5, 5.41) is 0. The van der Waals surface area contributed by atoms with Gasteiger partial charge in [-0.2, -0.15) is 0 Å². The molecule has 0 N–H and O–H groups in total. The molecule has 1 unspecified atom stereocenters. The normalized spacial score (nSPS) is 21.7. The van der Waals surface area contributed by atoms with Crippen molar-refractivity contribution in [2.45, 2.75) is 25.9 Å². The van der Waals surface area contributed by atoms with Gasteiger partial charge in [-0.3, -0.25) is 4.79 Å². The highest BCUT2D eigenvalue weighted by Crippen LogP contribution is 2.33. The molecule has 6 heteroatoms. The van der Waals surface area contributed by atoms with Crippen LogP contribution in [0.5, 0.6) is 5.75 Å². The van der Waals surface area contributed by atoms with Crippen molar-refractivity contribution in [2.24, 2.45) is 0 Å². The van der Waals surface area contributed by atoms with Gasteiger partial charge in [0, 0.05) is 12.3 Å². The number of rotatable bonds is 5. The van der Waals surface area contributed by atoms with E-state index in [1.165, 1.54) is 7.11 Å². The molecule has 6 nitrogen and oxygen atoms in total. The third-order valence-electron chi connectivity index (χ3n) is 4.72. The molecule has 0 aromatic heterocycles. The summed E-state index contributed by atoms with van der Waals surface area (Å²) in [7, 11) is 2.90. The van der Waals surface area contributed by atoms with Gasteiger partial charge in [0.15, 0.2) is 0 Å². The van der Waals surface area contributed by atoms with Gasteiger partial charge < -0.3 is 19.1 Å². The van der Waals surface area contributed by atoms with Crippen molar-refractivity contribution in [3.05, 3.63) is 46.7 Å². The minimum Gasteiger partial charge on any atom is -0.497 e. The first-order chi connectivity index (χ1) is 12.5. The predicted octanol–water partition coefficient (Wildman–Crippen LogP) is 2.55. The summed E-state index contributed by atoms with van der Waals surface area (Å²) in [6, 6.07) is 7.33. The molecule has 0 radical (unpaired) electrons. The molecule has 2 aliphatic heterocycles. The van der Waals surface area contributed by atoms with E-state index in [1.54, 1.807) is 25.0 Å². The van der Waals surface area contributed by atoms with Crippen molar-refractivity contribution in [1.29, 1.82) is 0 Å². The van der Waals surface area contributed by atoms with Crippen LogP contribution in [0.25, 0.3) is 6.08 Å². The smallest absolute Gasteiger partial charge is 0.340 e. The molecule has 138 valence electrons. The fourth-order valence-corrected chi connectivity index (χ4v) is 3.34. The maximum absolute atomic E-state index is 13.0. The molecule has 0 spiro atoms. The van der Waals surface area contributed by atoms with Crippen LogP contribution in [0.2, 0.25) is 0 Å². The monoisotopic (exact) mass is 357 g/mol. The lowest BCUT2D eigenvalue weighted by atomic mass is 10.0. The highest BCUT2D eigenvalue weighted by Gasteiger charge is 2.38. The molecule has 1 aromatic carbocycles. The van der Waals surface area contributed by atoms with Crippen LogP contribution in [0.3, 0.4) is 0 Å². The number of methoxy groups -OCH3 is 2. The number of nitrogens with zero attached hydrogens (tertiary/aromatic N) is 1. The van der Waals surface area contributed by atoms with Crippen molar-refractivity contribution >= 4 is 18.0 Å². The Morgan fingerprint density at radius 2 is 2.19 bits per heavy atom. The number of carbonyl (C=O) groups is 2. The van der Waals surface area contributed by atoms with Gasteiger partial charge in [-0.15, -0.1) is 0 Å². The van der Waals surface area contributed by atoms with E-state index in [9.17, 15) is 9.59 Å². The number of esters is 1. The van der Waals surface area contributed by atoms with Crippen LogP contribution in [0, 0.1) is 0 Å². The number of ether oxygens (including phenoxy) is 3. The van der Waals surface area contributed by atoms with Gasteiger partial charge >= 0.3 is 5.97 Å². The van der Waals surface area contributed by atoms with Gasteiger partial charge in [-0.25, -0.2) is 4.79 Å². The maximum Gasteiger partial charge on any atom is 0.340 e. The van der Waals surface area contributed by atoms with E-state index in [2.05, 4.69) is 0 Å². The Balaban J connectivity index is 1.97. The predicted molar refractivity (Wildman–Crippen MR) is 96.4 cm³/mol. The highest BCUT2D eigenvalue weighted by molar-refractivity contribution is 6.16. The third kappa shape index (κ3) is 3.51. The summed E-state index contributed by atoms with van der Waals surface area (Å²) in [4.78, 5) is 27.0. The van der Waals surface area contributed by atoms with Crippen molar-refractivity contribution in [1.82, 2.24) is 4.90 Å². The minimum atomic E-state index is -0.514. The number of benzene rings is 1. The second-order valence-corrected chi connectivity index (χ2v) is 6.34. The Bertz CT molecular complexity index is 774. The molecular weight excluding hydrogens is 334 g/mol. The molecule has 2 heterocycles. The quantitative estimate of drug-likeness (QED) is 0.599. The van der Waals surface area contributed by atoms with E-state index in [1.807, 2.05) is 24.3 Å². The standard InChI is InChI=1S/C20H23NO5/c1-13-18(20(23)25-3)17(11-14-6-4-7-15(10-14)24-2)19(22)21(13)12-16-8-5-9-26-16/h4,6-7,10-11,16H,5,8-9,12H2,1-3H3. The summed E-state index contributed by atoms with van der Waals surface area (Å²) < 4.78 is 15.8. The molecule has 1 amide bonds. The van der Waals surface area contributed by atoms with Crippen LogP contribution >= 0.6 is 0 Å². The van der Waals surface area contributed by atoms with Crippen LogP contribution in [0.4, 0.5) is 0 Å². The second-order valence-electron chi connectivity index (χ2n) is 6.34. The fourth-order valence-electron chi connectivity index (χ4n) is 3.34. The van der Waals surface area contributed by atoms with E-state index in [-0.39, 0.29) is 12.0 Å². The summed E-state index contributed by atoms with van der Waals surface area (Å²) in [5.74, 6) is -0.0395. The SMILES string of the molecule is COC(=O)C1=C(C)N(CC2CCCO2)C(=O)C1=Cc1cccc(OC)c1. The topological polar surface area (TPSA) is 65.1 Å². The number of hydrogen-bond acceptors (Lipinski definition) is 5. The summed E-state index contributed by atoms with van der Waals surface area (Å²) in [6.07, 6.45) is 3.62. The lowest BCUT2D eigenvalue weighted by Gasteiger charge is -2.21. The molecule has 0 bridgehead atoms. The first-order valence-corrected chi connectivity index (χ1v) is 8.64. The van der Waals surface area contributed by atoms with E-state index in [0.717, 1.165) is 18.4 Å². The summed E-state index contributed by atoms with van der Waals surface area (Å²) in [5.41, 5.74) is 2.02. The van der Waals surface area contributed by atoms with Crippen molar-refractivity contribution in [2.75, 3.05) is 27.4 Å². The zero-order valence-corrected chi connectivity index (χ0v) is 15.3. The molecule has 1 aromatic rings. The average molecular weight is 357 g/mol. The van der Waals surface area contributed by atoms with Crippen molar-refractivity contribution in [3.8, 4) is 5.75 Å². The first kappa shape index (κ1) is 18.2. The van der Waals surface area contributed by atoms with Gasteiger partial charge in [-0.05, 0) is 43.5 Å². The molecule has 1 atom stereocenters. The fraction of sp³-hybridized carbons (Fsp3) is 0.400. The molecule has 3 rings (SSSR count). The van der Waals surface area contributed by atoms with Crippen molar-refractivity contribution < 1.29 is 23.8 Å². The summed E-state index contributed by atoms with van der Waals surface area (Å²) in [6.45, 7) is 2.93. The third-order valence-corrected chi connectivity index (χ3v) is 4.72. The Hall–Kier alpha value is -2.60. The van der Waals surface area contributed by atoms with Crippen LogP contribution in [-0.4, -0.2) is 50.3 Å². The lowest BCUT2D eigenvalue weighted by molar-refractivity contribution is -0.136. The van der Waals surface area contributed by atoms with Crippen LogP contribution < -0.4 is 4.74 Å². The maximum atomic E-state index is 13.0. The Kier molecular flexibility index (Phi) is 5.42. The number of allylic oxidation sites excluding steroid dienone is 1. The molecule has 0 saturated carbocycles. The Labute approximate surface area is 153 Å². The number of hydrogen-bond donors (Lipinski definition) is 0. The van der Waals surface area contributed by atoms with Crippen LogP contribution in [-0.2, 0) is 19.1 Å². The minimum absolute atomic E-state index is 0.00367. The van der Waals surface area contributed by atoms with Gasteiger partial charge in [0.05, 0.1) is 38.0 Å².